The van der Waals surface area contributed by atoms with Gasteiger partial charge in [-0.1, -0.05) is 18.2 Å². The van der Waals surface area contributed by atoms with E-state index < -0.39 is 0 Å². The number of nitrogens with one attached hydrogen (secondary N) is 1. The van der Waals surface area contributed by atoms with E-state index in [0.29, 0.717) is 0 Å². The van der Waals surface area contributed by atoms with E-state index in [1.807, 2.05) is 4.68 Å². The Morgan fingerprint density at radius 1 is 1.24 bits per heavy atom. The van der Waals surface area contributed by atoms with Gasteiger partial charge >= 0.3 is 0 Å². The molecule has 2 unspecified atom stereocenters. The molecule has 0 saturated carbocycles. The normalized spacial score (nSPS) is 20.8. The number of hydrogen-bond donors (Lipinski definition) is 1. The standard InChI is InChI=1S/C15H13IN4S/c16-11-5-3-10(4-6-11)12-8-13(14-2-1-7-21-14)20-15(19-12)17-9-18-20/h1-7,9,12-13H,8H2,(H,17,18,19). The summed E-state index contributed by atoms with van der Waals surface area (Å²) in [5.41, 5.74) is 1.30. The average Bonchev–Trinajstić information content (AvgIpc) is 3.18. The molecule has 4 nitrogen and oxygen atoms in total. The summed E-state index contributed by atoms with van der Waals surface area (Å²) in [5, 5.41) is 10.00. The molecule has 21 heavy (non-hydrogen) atoms. The number of benzene rings is 1. The Kier molecular flexibility index (Phi) is 3.42. The Labute approximate surface area is 140 Å². The molecule has 1 aromatic carbocycles. The lowest BCUT2D eigenvalue weighted by Gasteiger charge is -2.31. The van der Waals surface area contributed by atoms with Crippen LogP contribution in [0.5, 0.6) is 0 Å². The third-order valence-electron chi connectivity index (χ3n) is 3.77. The van der Waals surface area contributed by atoms with Crippen molar-refractivity contribution >= 4 is 39.9 Å². The first-order chi connectivity index (χ1) is 10.3. The van der Waals surface area contributed by atoms with Gasteiger partial charge in [-0.15, -0.1) is 11.3 Å². The van der Waals surface area contributed by atoms with E-state index in [0.717, 1.165) is 12.4 Å². The van der Waals surface area contributed by atoms with Gasteiger partial charge in [0.25, 0.3) is 0 Å². The van der Waals surface area contributed by atoms with Gasteiger partial charge in [0.05, 0.1) is 12.1 Å². The molecule has 2 aromatic heterocycles. The van der Waals surface area contributed by atoms with E-state index >= 15 is 0 Å². The van der Waals surface area contributed by atoms with Crippen LogP contribution in [0.15, 0.2) is 48.1 Å². The molecule has 3 aromatic rings. The SMILES string of the molecule is Ic1ccc(C2CC(c3cccs3)n3ncnc3N2)cc1. The van der Waals surface area contributed by atoms with Gasteiger partial charge in [0.2, 0.25) is 5.95 Å². The second kappa shape index (κ2) is 5.42. The van der Waals surface area contributed by atoms with Crippen LogP contribution in [0.3, 0.4) is 0 Å². The van der Waals surface area contributed by atoms with E-state index in [1.165, 1.54) is 14.0 Å². The summed E-state index contributed by atoms with van der Waals surface area (Å²) in [4.78, 5) is 5.69. The summed E-state index contributed by atoms with van der Waals surface area (Å²) >= 11 is 4.11. The topological polar surface area (TPSA) is 42.7 Å². The summed E-state index contributed by atoms with van der Waals surface area (Å²) in [7, 11) is 0. The zero-order chi connectivity index (χ0) is 14.2. The highest BCUT2D eigenvalue weighted by atomic mass is 127. The molecule has 4 rings (SSSR count). The first-order valence-corrected chi connectivity index (χ1v) is 8.72. The van der Waals surface area contributed by atoms with E-state index in [1.54, 1.807) is 17.7 Å². The molecule has 1 aliphatic rings. The van der Waals surface area contributed by atoms with Crippen LogP contribution < -0.4 is 5.32 Å². The number of hydrogen-bond acceptors (Lipinski definition) is 4. The highest BCUT2D eigenvalue weighted by Gasteiger charge is 2.30. The summed E-state index contributed by atoms with van der Waals surface area (Å²) in [6.45, 7) is 0. The van der Waals surface area contributed by atoms with Crippen molar-refractivity contribution in [2.75, 3.05) is 5.32 Å². The van der Waals surface area contributed by atoms with Crippen molar-refractivity contribution in [3.05, 3.63) is 62.1 Å². The minimum Gasteiger partial charge on any atom is -0.348 e. The third kappa shape index (κ3) is 2.46. The number of aromatic nitrogens is 3. The van der Waals surface area contributed by atoms with Crippen molar-refractivity contribution in [1.29, 1.82) is 0 Å². The molecule has 3 heterocycles. The van der Waals surface area contributed by atoms with Crippen LogP contribution in [-0.4, -0.2) is 14.8 Å². The number of halogens is 1. The number of anilines is 1. The van der Waals surface area contributed by atoms with Crippen LogP contribution >= 0.6 is 33.9 Å². The second-order valence-electron chi connectivity index (χ2n) is 5.04. The molecule has 0 amide bonds. The molecule has 0 aliphatic carbocycles. The quantitative estimate of drug-likeness (QED) is 0.650. The summed E-state index contributed by atoms with van der Waals surface area (Å²) < 4.78 is 3.25. The molecule has 1 N–H and O–H groups in total. The fourth-order valence-electron chi connectivity index (χ4n) is 2.75. The van der Waals surface area contributed by atoms with Gasteiger partial charge in [-0.05, 0) is 58.2 Å². The lowest BCUT2D eigenvalue weighted by molar-refractivity contribution is 0.436. The Hall–Kier alpha value is -1.41. The molecule has 6 heteroatoms. The van der Waals surface area contributed by atoms with Gasteiger partial charge in [-0.25, -0.2) is 4.68 Å². The van der Waals surface area contributed by atoms with Crippen LogP contribution in [0, 0.1) is 3.57 Å². The average molecular weight is 408 g/mol. The van der Waals surface area contributed by atoms with Gasteiger partial charge in [-0.2, -0.15) is 10.1 Å². The summed E-state index contributed by atoms with van der Waals surface area (Å²) in [6.07, 6.45) is 2.61. The Morgan fingerprint density at radius 3 is 2.86 bits per heavy atom. The zero-order valence-electron chi connectivity index (χ0n) is 11.1. The van der Waals surface area contributed by atoms with Crippen LogP contribution in [0.2, 0.25) is 0 Å². The smallest absolute Gasteiger partial charge is 0.222 e. The van der Waals surface area contributed by atoms with Crippen molar-refractivity contribution in [1.82, 2.24) is 14.8 Å². The fraction of sp³-hybridized carbons (Fsp3) is 0.200. The van der Waals surface area contributed by atoms with Crippen molar-refractivity contribution in [3.8, 4) is 0 Å². The highest BCUT2D eigenvalue weighted by Crippen LogP contribution is 2.38. The van der Waals surface area contributed by atoms with E-state index in [2.05, 4.69) is 79.8 Å². The summed E-state index contributed by atoms with van der Waals surface area (Å²) in [5.74, 6) is 0.850. The first-order valence-electron chi connectivity index (χ1n) is 6.76. The molecule has 2 atom stereocenters. The monoisotopic (exact) mass is 408 g/mol. The molecule has 0 saturated heterocycles. The second-order valence-corrected chi connectivity index (χ2v) is 7.27. The maximum Gasteiger partial charge on any atom is 0.222 e. The largest absolute Gasteiger partial charge is 0.348 e. The van der Waals surface area contributed by atoms with Crippen LogP contribution in [0.1, 0.15) is 28.9 Å². The molecule has 106 valence electrons. The van der Waals surface area contributed by atoms with Crippen LogP contribution in [0.4, 0.5) is 5.95 Å². The Morgan fingerprint density at radius 2 is 2.10 bits per heavy atom. The fourth-order valence-corrected chi connectivity index (χ4v) is 3.94. The molecule has 0 bridgehead atoms. The van der Waals surface area contributed by atoms with Gasteiger partial charge in [0, 0.05) is 8.45 Å². The molecule has 0 fully saturated rings. The van der Waals surface area contributed by atoms with Gasteiger partial charge in [0.15, 0.2) is 0 Å². The summed E-state index contributed by atoms with van der Waals surface area (Å²) in [6, 6.07) is 13.5. The minimum atomic E-state index is 0.257. The van der Waals surface area contributed by atoms with Crippen molar-refractivity contribution in [3.63, 3.8) is 0 Å². The van der Waals surface area contributed by atoms with Gasteiger partial charge in [0.1, 0.15) is 6.33 Å². The minimum absolute atomic E-state index is 0.257. The highest BCUT2D eigenvalue weighted by molar-refractivity contribution is 14.1. The maximum atomic E-state index is 4.38. The third-order valence-corrected chi connectivity index (χ3v) is 5.47. The Bertz CT molecular complexity index is 735. The number of nitrogens with zero attached hydrogens (tertiary/aromatic N) is 3. The van der Waals surface area contributed by atoms with Crippen molar-refractivity contribution < 1.29 is 0 Å². The molecular formula is C15H13IN4S. The zero-order valence-corrected chi connectivity index (χ0v) is 14.1. The first kappa shape index (κ1) is 13.3. The van der Waals surface area contributed by atoms with Crippen LogP contribution in [0.25, 0.3) is 0 Å². The van der Waals surface area contributed by atoms with Crippen LogP contribution in [-0.2, 0) is 0 Å². The molecule has 1 aliphatic heterocycles. The lowest BCUT2D eigenvalue weighted by atomic mass is 9.97. The molecular weight excluding hydrogens is 395 g/mol. The predicted octanol–water partition coefficient (Wildman–Crippen LogP) is 4.09. The van der Waals surface area contributed by atoms with Gasteiger partial charge in [-0.3, -0.25) is 0 Å². The van der Waals surface area contributed by atoms with E-state index in [9.17, 15) is 0 Å². The van der Waals surface area contributed by atoms with E-state index in [4.69, 9.17) is 0 Å². The number of thiophene rings is 1. The van der Waals surface area contributed by atoms with Gasteiger partial charge < -0.3 is 5.32 Å². The van der Waals surface area contributed by atoms with E-state index in [-0.39, 0.29) is 12.1 Å². The number of rotatable bonds is 2. The van der Waals surface area contributed by atoms with Crippen molar-refractivity contribution in [2.24, 2.45) is 0 Å². The Balaban J connectivity index is 1.72. The molecule has 0 radical (unpaired) electrons. The molecule has 0 spiro atoms. The van der Waals surface area contributed by atoms with Crippen molar-refractivity contribution in [2.45, 2.75) is 18.5 Å². The lowest BCUT2D eigenvalue weighted by Crippen LogP contribution is -2.27. The maximum absolute atomic E-state index is 4.38. The predicted molar refractivity (Wildman–Crippen MR) is 92.6 cm³/mol. The number of fused-ring (bicyclic) bond motifs is 1.